The molecule has 1 aromatic carbocycles. The van der Waals surface area contributed by atoms with Gasteiger partial charge in [0.1, 0.15) is 0 Å². The van der Waals surface area contributed by atoms with Crippen LogP contribution in [0.25, 0.3) is 22.5 Å². The highest BCUT2D eigenvalue weighted by atomic mass is 14.7. The summed E-state index contributed by atoms with van der Waals surface area (Å²) in [4.78, 5) is 9.00. The van der Waals surface area contributed by atoms with E-state index in [9.17, 15) is 0 Å². The molecule has 0 saturated heterocycles. The molecule has 0 atom stereocenters. The maximum Gasteiger partial charge on any atom is 0.0705 e. The van der Waals surface area contributed by atoms with Crippen LogP contribution in [-0.2, 0) is 6.42 Å². The van der Waals surface area contributed by atoms with Crippen molar-refractivity contribution in [2.24, 2.45) is 0 Å². The third-order valence-corrected chi connectivity index (χ3v) is 3.70. The van der Waals surface area contributed by atoms with Gasteiger partial charge >= 0.3 is 0 Å². The molecule has 22 heavy (non-hydrogen) atoms. The van der Waals surface area contributed by atoms with E-state index in [1.165, 1.54) is 11.1 Å². The first-order valence-electron chi connectivity index (χ1n) is 7.74. The van der Waals surface area contributed by atoms with Crippen molar-refractivity contribution < 1.29 is 0 Å². The van der Waals surface area contributed by atoms with Crippen molar-refractivity contribution in [3.05, 3.63) is 72.1 Å². The van der Waals surface area contributed by atoms with Gasteiger partial charge in [0, 0.05) is 23.5 Å². The van der Waals surface area contributed by atoms with Gasteiger partial charge in [0.25, 0.3) is 0 Å². The Morgan fingerprint density at radius 3 is 2.32 bits per heavy atom. The second kappa shape index (κ2) is 6.52. The van der Waals surface area contributed by atoms with Crippen molar-refractivity contribution in [2.45, 2.75) is 26.7 Å². The molecule has 3 aromatic rings. The summed E-state index contributed by atoms with van der Waals surface area (Å²) in [6, 6.07) is 16.8. The summed E-state index contributed by atoms with van der Waals surface area (Å²) < 4.78 is 0. The molecule has 110 valence electrons. The van der Waals surface area contributed by atoms with Crippen LogP contribution in [0.1, 0.15) is 24.5 Å². The highest BCUT2D eigenvalue weighted by molar-refractivity contribution is 5.70. The third-order valence-electron chi connectivity index (χ3n) is 3.70. The van der Waals surface area contributed by atoms with Gasteiger partial charge in [0.15, 0.2) is 0 Å². The lowest BCUT2D eigenvalue weighted by Gasteiger charge is -2.08. The zero-order valence-corrected chi connectivity index (χ0v) is 13.1. The highest BCUT2D eigenvalue weighted by Gasteiger charge is 2.06. The molecule has 0 fully saturated rings. The van der Waals surface area contributed by atoms with Crippen LogP contribution in [0.4, 0.5) is 0 Å². The molecule has 0 unspecified atom stereocenters. The Morgan fingerprint density at radius 1 is 0.818 bits per heavy atom. The van der Waals surface area contributed by atoms with Crippen molar-refractivity contribution in [3.63, 3.8) is 0 Å². The fourth-order valence-electron chi connectivity index (χ4n) is 2.69. The summed E-state index contributed by atoms with van der Waals surface area (Å²) in [5, 5.41) is 0. The maximum atomic E-state index is 4.55. The number of pyridine rings is 2. The first-order chi connectivity index (χ1) is 10.8. The van der Waals surface area contributed by atoms with Crippen molar-refractivity contribution in [3.8, 4) is 22.5 Å². The van der Waals surface area contributed by atoms with Gasteiger partial charge in [-0.15, -0.1) is 0 Å². The van der Waals surface area contributed by atoms with E-state index in [2.05, 4.69) is 54.1 Å². The Morgan fingerprint density at radius 2 is 1.59 bits per heavy atom. The van der Waals surface area contributed by atoms with Crippen molar-refractivity contribution >= 4 is 0 Å². The van der Waals surface area contributed by atoms with E-state index < -0.39 is 0 Å². The molecule has 0 aliphatic heterocycles. The molecule has 0 saturated carbocycles. The number of benzene rings is 1. The van der Waals surface area contributed by atoms with E-state index >= 15 is 0 Å². The number of aromatic nitrogens is 2. The van der Waals surface area contributed by atoms with Gasteiger partial charge in [-0.25, -0.2) is 0 Å². The lowest BCUT2D eigenvalue weighted by molar-refractivity contribution is 0.919. The molecule has 0 amide bonds. The average molecular weight is 288 g/mol. The van der Waals surface area contributed by atoms with Crippen LogP contribution < -0.4 is 0 Å². The summed E-state index contributed by atoms with van der Waals surface area (Å²) in [5.41, 5.74) is 6.88. The Balaban J connectivity index is 2.04. The molecule has 0 aliphatic carbocycles. The normalized spacial score (nSPS) is 10.6. The topological polar surface area (TPSA) is 25.8 Å². The smallest absolute Gasteiger partial charge is 0.0705 e. The number of hydrogen-bond acceptors (Lipinski definition) is 2. The minimum Gasteiger partial charge on any atom is -0.256 e. The van der Waals surface area contributed by atoms with Gasteiger partial charge in [-0.3, -0.25) is 9.97 Å². The van der Waals surface area contributed by atoms with Gasteiger partial charge in [-0.2, -0.15) is 0 Å². The molecule has 3 rings (SSSR count). The molecular weight excluding hydrogens is 268 g/mol. The molecule has 2 heterocycles. The Hall–Kier alpha value is -2.48. The Kier molecular flexibility index (Phi) is 4.29. The lowest BCUT2D eigenvalue weighted by Crippen LogP contribution is -1.91. The fourth-order valence-corrected chi connectivity index (χ4v) is 2.69. The molecule has 0 N–H and O–H groups in total. The Bertz CT molecular complexity index is 764. The van der Waals surface area contributed by atoms with Crippen LogP contribution in [0, 0.1) is 6.92 Å². The van der Waals surface area contributed by atoms with Crippen LogP contribution in [-0.4, -0.2) is 9.97 Å². The molecule has 0 bridgehead atoms. The molecule has 0 aliphatic rings. The van der Waals surface area contributed by atoms with Gasteiger partial charge in [-0.1, -0.05) is 19.4 Å². The fraction of sp³-hybridized carbons (Fsp3) is 0.200. The maximum absolute atomic E-state index is 4.55. The van der Waals surface area contributed by atoms with Crippen LogP contribution in [0.15, 0.2) is 60.9 Å². The lowest BCUT2D eigenvalue weighted by atomic mass is 10.00. The Labute approximate surface area is 131 Å². The van der Waals surface area contributed by atoms with Crippen LogP contribution in [0.3, 0.4) is 0 Å². The van der Waals surface area contributed by atoms with Gasteiger partial charge in [0.05, 0.1) is 11.4 Å². The quantitative estimate of drug-likeness (QED) is 0.669. The largest absolute Gasteiger partial charge is 0.256 e. The molecule has 2 aromatic heterocycles. The summed E-state index contributed by atoms with van der Waals surface area (Å²) in [6.45, 7) is 4.32. The van der Waals surface area contributed by atoms with Gasteiger partial charge in [0.2, 0.25) is 0 Å². The predicted octanol–water partition coefficient (Wildman–Crippen LogP) is 5.07. The first-order valence-corrected chi connectivity index (χ1v) is 7.74. The monoisotopic (exact) mass is 288 g/mol. The third kappa shape index (κ3) is 3.22. The van der Waals surface area contributed by atoms with Crippen LogP contribution in [0.2, 0.25) is 0 Å². The summed E-state index contributed by atoms with van der Waals surface area (Å²) in [5.74, 6) is 0. The van der Waals surface area contributed by atoms with Crippen LogP contribution >= 0.6 is 0 Å². The molecule has 0 radical (unpaired) electrons. The molecular formula is C20H20N2. The molecule has 2 heteroatoms. The summed E-state index contributed by atoms with van der Waals surface area (Å²) >= 11 is 0. The summed E-state index contributed by atoms with van der Waals surface area (Å²) in [6.07, 6.45) is 5.98. The van der Waals surface area contributed by atoms with Crippen molar-refractivity contribution in [1.29, 1.82) is 0 Å². The van der Waals surface area contributed by atoms with E-state index in [4.69, 9.17) is 0 Å². The minimum absolute atomic E-state index is 0.997. The second-order valence-corrected chi connectivity index (χ2v) is 5.60. The zero-order chi connectivity index (χ0) is 15.4. The SMILES string of the molecule is CCCc1ccnc(-c2cc(C)cc(-c3ccccn3)c2)c1. The van der Waals surface area contributed by atoms with Crippen molar-refractivity contribution in [1.82, 2.24) is 9.97 Å². The van der Waals surface area contributed by atoms with Gasteiger partial charge < -0.3 is 0 Å². The minimum atomic E-state index is 0.997. The van der Waals surface area contributed by atoms with E-state index in [0.717, 1.165) is 35.4 Å². The number of aryl methyl sites for hydroxylation is 2. The van der Waals surface area contributed by atoms with E-state index in [1.54, 1.807) is 0 Å². The number of hydrogen-bond donors (Lipinski definition) is 0. The van der Waals surface area contributed by atoms with Crippen molar-refractivity contribution in [2.75, 3.05) is 0 Å². The standard InChI is InChI=1S/C20H20N2/c1-3-6-16-8-10-22-20(13-16)18-12-15(2)11-17(14-18)19-7-4-5-9-21-19/h4-5,7-14H,3,6H2,1-2H3. The predicted molar refractivity (Wildman–Crippen MR) is 91.6 cm³/mol. The average Bonchev–Trinajstić information content (AvgIpc) is 2.56. The molecule has 0 spiro atoms. The summed E-state index contributed by atoms with van der Waals surface area (Å²) in [7, 11) is 0. The van der Waals surface area contributed by atoms with Gasteiger partial charge in [-0.05, 0) is 66.9 Å². The number of nitrogens with zero attached hydrogens (tertiary/aromatic N) is 2. The van der Waals surface area contributed by atoms with Crippen LogP contribution in [0.5, 0.6) is 0 Å². The number of rotatable bonds is 4. The zero-order valence-electron chi connectivity index (χ0n) is 13.1. The second-order valence-electron chi connectivity index (χ2n) is 5.60. The van der Waals surface area contributed by atoms with E-state index in [1.807, 2.05) is 30.6 Å². The van der Waals surface area contributed by atoms with E-state index in [0.29, 0.717) is 0 Å². The van der Waals surface area contributed by atoms with E-state index in [-0.39, 0.29) is 0 Å². The first kappa shape index (κ1) is 14.5. The molecule has 2 nitrogen and oxygen atoms in total. The highest BCUT2D eigenvalue weighted by Crippen LogP contribution is 2.26.